The van der Waals surface area contributed by atoms with Crippen LogP contribution in [0, 0.1) is 17.8 Å². The van der Waals surface area contributed by atoms with Gasteiger partial charge >= 0.3 is 176 Å². The van der Waals surface area contributed by atoms with Crippen LogP contribution in [0.1, 0.15) is 58.3 Å². The third-order valence-corrected chi connectivity index (χ3v) is 9.63. The van der Waals surface area contributed by atoms with Gasteiger partial charge in [0.15, 0.2) is 0 Å². The van der Waals surface area contributed by atoms with Gasteiger partial charge in [0.25, 0.3) is 0 Å². The van der Waals surface area contributed by atoms with E-state index in [-0.39, 0.29) is 5.97 Å². The molecule has 0 N–H and O–H groups in total. The van der Waals surface area contributed by atoms with Crippen LogP contribution < -0.4 is 4.46 Å². The maximum absolute atomic E-state index is 12.9. The predicted octanol–water partition coefficient (Wildman–Crippen LogP) is 5.23. The molecule has 0 amide bonds. The number of hydrogen-bond donors (Lipinski definition) is 0. The minimum absolute atomic E-state index is 0.0161. The first-order valence-electron chi connectivity index (χ1n) is 11.0. The van der Waals surface area contributed by atoms with Crippen LogP contribution in [0.5, 0.6) is 0 Å². The Morgan fingerprint density at radius 1 is 1.14 bits per heavy atom. The zero-order valence-electron chi connectivity index (χ0n) is 16.9. The summed E-state index contributed by atoms with van der Waals surface area (Å²) in [6, 6.07) is 11.0. The summed E-state index contributed by atoms with van der Waals surface area (Å²) in [7, 11) is 0. The summed E-state index contributed by atoms with van der Waals surface area (Å²) in [5, 5.41) is 0. The van der Waals surface area contributed by atoms with Crippen molar-refractivity contribution in [3.63, 3.8) is 0 Å². The molecular formula is C25H32O2Se. The van der Waals surface area contributed by atoms with Crippen molar-refractivity contribution in [2.45, 2.75) is 63.1 Å². The van der Waals surface area contributed by atoms with Crippen molar-refractivity contribution in [3.05, 3.63) is 53.6 Å². The van der Waals surface area contributed by atoms with Gasteiger partial charge in [-0.05, 0) is 0 Å². The Kier molecular flexibility index (Phi) is 6.75. The molecule has 0 bridgehead atoms. The molecule has 1 fully saturated rings. The second-order valence-corrected chi connectivity index (χ2v) is 11.2. The van der Waals surface area contributed by atoms with E-state index in [0.29, 0.717) is 39.3 Å². The Morgan fingerprint density at radius 3 is 2.75 bits per heavy atom. The zero-order chi connectivity index (χ0) is 19.3. The molecule has 0 aromatic heterocycles. The van der Waals surface area contributed by atoms with Crippen LogP contribution in [0.15, 0.2) is 53.6 Å². The molecule has 2 nitrogen and oxygen atoms in total. The average molecular weight is 443 g/mol. The SMILES string of the molecule is CCOC(=O)C1=C(CC2C=CCCC2)CC2C([Se]c3ccccc3)CCCC12. The van der Waals surface area contributed by atoms with Crippen molar-refractivity contribution in [2.75, 3.05) is 6.61 Å². The summed E-state index contributed by atoms with van der Waals surface area (Å²) in [6.45, 7) is 2.41. The number of carbonyl (C=O) groups excluding carboxylic acids is 1. The van der Waals surface area contributed by atoms with Gasteiger partial charge in [-0.1, -0.05) is 0 Å². The van der Waals surface area contributed by atoms with E-state index in [1.54, 1.807) is 0 Å². The monoisotopic (exact) mass is 444 g/mol. The standard InChI is InChI=1S/C25H32O2Se/c1-2-27-25(26)24-19(16-18-10-5-3-6-11-18)17-22-21(24)14-9-15-23(22)28-20-12-7-4-8-13-20/h4-5,7-8,10,12-13,18,21-23H,2-3,6,9,11,14-17H2,1H3. The molecule has 150 valence electrons. The van der Waals surface area contributed by atoms with Gasteiger partial charge in [0.05, 0.1) is 0 Å². The van der Waals surface area contributed by atoms with E-state index in [9.17, 15) is 4.79 Å². The zero-order valence-corrected chi connectivity index (χ0v) is 18.7. The number of hydrogen-bond acceptors (Lipinski definition) is 2. The molecule has 0 spiro atoms. The number of ether oxygens (including phenoxy) is 1. The molecule has 4 unspecified atom stereocenters. The quantitative estimate of drug-likeness (QED) is 0.342. The van der Waals surface area contributed by atoms with E-state index in [0.717, 1.165) is 23.2 Å². The number of rotatable bonds is 6. The van der Waals surface area contributed by atoms with Gasteiger partial charge in [-0.2, -0.15) is 0 Å². The Hall–Kier alpha value is -1.31. The molecule has 0 saturated heterocycles. The van der Waals surface area contributed by atoms with E-state index in [1.165, 1.54) is 48.6 Å². The molecule has 4 atom stereocenters. The summed E-state index contributed by atoms with van der Waals surface area (Å²) < 4.78 is 7.04. The van der Waals surface area contributed by atoms with E-state index in [4.69, 9.17) is 4.74 Å². The molecule has 0 radical (unpaired) electrons. The number of fused-ring (bicyclic) bond motifs is 1. The van der Waals surface area contributed by atoms with E-state index in [2.05, 4.69) is 42.5 Å². The van der Waals surface area contributed by atoms with Crippen molar-refractivity contribution in [1.29, 1.82) is 0 Å². The van der Waals surface area contributed by atoms with Crippen LogP contribution >= 0.6 is 0 Å². The first-order chi connectivity index (χ1) is 13.8. The molecule has 3 aliphatic carbocycles. The van der Waals surface area contributed by atoms with Crippen molar-refractivity contribution < 1.29 is 9.53 Å². The summed E-state index contributed by atoms with van der Waals surface area (Å²) in [4.78, 5) is 13.7. The first kappa shape index (κ1) is 20.0. The van der Waals surface area contributed by atoms with Gasteiger partial charge in [0.1, 0.15) is 0 Å². The third kappa shape index (κ3) is 4.47. The fraction of sp³-hybridized carbons (Fsp3) is 0.560. The molecule has 3 aliphatic rings. The van der Waals surface area contributed by atoms with Gasteiger partial charge in [-0.3, -0.25) is 0 Å². The Bertz CT molecular complexity index is 736. The Morgan fingerprint density at radius 2 is 2.00 bits per heavy atom. The van der Waals surface area contributed by atoms with Crippen molar-refractivity contribution in [3.8, 4) is 0 Å². The number of allylic oxidation sites excluding steroid dienone is 3. The summed E-state index contributed by atoms with van der Waals surface area (Å²) >= 11 is 0.491. The topological polar surface area (TPSA) is 26.3 Å². The van der Waals surface area contributed by atoms with Gasteiger partial charge in [0.2, 0.25) is 0 Å². The summed E-state index contributed by atoms with van der Waals surface area (Å²) in [5.74, 6) is 1.69. The molecule has 1 aromatic rings. The Labute approximate surface area is 176 Å². The first-order valence-corrected chi connectivity index (χ1v) is 12.9. The number of esters is 1. The van der Waals surface area contributed by atoms with Crippen molar-refractivity contribution in [1.82, 2.24) is 0 Å². The average Bonchev–Trinajstić information content (AvgIpc) is 3.09. The van der Waals surface area contributed by atoms with Gasteiger partial charge in [-0.25, -0.2) is 0 Å². The predicted molar refractivity (Wildman–Crippen MR) is 116 cm³/mol. The van der Waals surface area contributed by atoms with Crippen molar-refractivity contribution >= 4 is 25.4 Å². The fourth-order valence-electron chi connectivity index (χ4n) is 5.40. The van der Waals surface area contributed by atoms with Crippen molar-refractivity contribution in [2.24, 2.45) is 17.8 Å². The Balaban J connectivity index is 1.55. The fourth-order valence-corrected chi connectivity index (χ4v) is 8.36. The molecule has 0 aliphatic heterocycles. The molecule has 1 saturated carbocycles. The van der Waals surface area contributed by atoms with Gasteiger partial charge in [-0.15, -0.1) is 0 Å². The van der Waals surface area contributed by atoms with Crippen LogP contribution in [0.3, 0.4) is 0 Å². The maximum atomic E-state index is 12.9. The molecule has 3 heteroatoms. The number of carbonyl (C=O) groups is 1. The molecule has 28 heavy (non-hydrogen) atoms. The molecule has 4 rings (SSSR count). The van der Waals surface area contributed by atoms with Crippen LogP contribution in [-0.2, 0) is 9.53 Å². The second kappa shape index (κ2) is 9.46. The van der Waals surface area contributed by atoms with E-state index in [1.807, 2.05) is 6.92 Å². The van der Waals surface area contributed by atoms with Crippen LogP contribution in [0.2, 0.25) is 4.82 Å². The molecular weight excluding hydrogens is 411 g/mol. The van der Waals surface area contributed by atoms with Gasteiger partial charge in [0, 0.05) is 0 Å². The van der Waals surface area contributed by atoms with E-state index >= 15 is 0 Å². The summed E-state index contributed by atoms with van der Waals surface area (Å²) in [6.07, 6.45) is 14.4. The number of benzene rings is 1. The van der Waals surface area contributed by atoms with Crippen LogP contribution in [-0.4, -0.2) is 27.5 Å². The van der Waals surface area contributed by atoms with Crippen LogP contribution in [0.25, 0.3) is 0 Å². The summed E-state index contributed by atoms with van der Waals surface area (Å²) in [5.41, 5.74) is 2.51. The third-order valence-electron chi connectivity index (χ3n) is 6.62. The van der Waals surface area contributed by atoms with E-state index < -0.39 is 0 Å². The minimum atomic E-state index is -0.0161. The molecule has 0 heterocycles. The normalized spacial score (nSPS) is 29.6. The van der Waals surface area contributed by atoms with Gasteiger partial charge < -0.3 is 0 Å². The van der Waals surface area contributed by atoms with Crippen LogP contribution in [0.4, 0.5) is 0 Å². The second-order valence-electron chi connectivity index (χ2n) is 8.44. The molecule has 1 aromatic carbocycles.